The minimum absolute atomic E-state index is 0.0867. The van der Waals surface area contributed by atoms with Gasteiger partial charge in [0, 0.05) is 18.4 Å². The third kappa shape index (κ3) is 10.6. The fourth-order valence-electron chi connectivity index (χ4n) is 9.84. The van der Waals surface area contributed by atoms with Crippen LogP contribution in [0.4, 0.5) is 5.82 Å². The molecule has 2 fully saturated rings. The van der Waals surface area contributed by atoms with Crippen molar-refractivity contribution in [2.24, 2.45) is 0 Å². The average Bonchev–Trinajstić information content (AvgIpc) is 4.03. The second-order valence-electron chi connectivity index (χ2n) is 18.4. The minimum Gasteiger partial charge on any atom is -0.508 e. The SMILES string of the molecule is COc1c(OCCc2ccccc2)c(CCc2cccc(-c3cc(C4(C)CCCC4)[n-]c3N3CCNCC3)c2)c2c(c1OCCC(O)C=Cc1ccccc1)C(=[OH+])CC(c1ccc(O)cc1)O2. The topological polar surface area (TPSA) is 128 Å². The molecule has 3 heterocycles. The summed E-state index contributed by atoms with van der Waals surface area (Å²) in [5, 5.41) is 24.7. The molecule has 2 atom stereocenters. The number of aromatic hydroxyl groups is 1. The second-order valence-corrected chi connectivity index (χ2v) is 18.4. The van der Waals surface area contributed by atoms with Crippen LogP contribution in [0.1, 0.15) is 90.6 Å². The summed E-state index contributed by atoms with van der Waals surface area (Å²) >= 11 is 0. The number of ketones is 1. The zero-order valence-electron chi connectivity index (χ0n) is 38.8. The number of phenols is 1. The Morgan fingerprint density at radius 1 is 0.836 bits per heavy atom. The van der Waals surface area contributed by atoms with E-state index in [1.807, 2.05) is 66.7 Å². The van der Waals surface area contributed by atoms with E-state index in [0.717, 1.165) is 78.2 Å². The van der Waals surface area contributed by atoms with Gasteiger partial charge in [-0.25, -0.2) is 0 Å². The summed E-state index contributed by atoms with van der Waals surface area (Å²) < 4.78 is 26.6. The number of piperazine rings is 1. The number of aliphatic hydroxyl groups excluding tert-OH is 1. The first kappa shape index (κ1) is 45.7. The molecular weight excluding hydrogens is 839 g/mol. The van der Waals surface area contributed by atoms with E-state index >= 15 is 0 Å². The third-order valence-electron chi connectivity index (χ3n) is 13.7. The molecule has 9 rings (SSSR count). The normalized spacial score (nSPS) is 17.3. The molecule has 5 aromatic carbocycles. The van der Waals surface area contributed by atoms with Crippen LogP contribution in [0, 0.1) is 0 Å². The van der Waals surface area contributed by atoms with Gasteiger partial charge in [0.05, 0.1) is 26.4 Å². The molecule has 3 aliphatic rings. The van der Waals surface area contributed by atoms with Gasteiger partial charge in [-0.15, -0.1) is 0 Å². The molecular formula is C57H63N3O7. The van der Waals surface area contributed by atoms with Crippen molar-refractivity contribution in [3.8, 4) is 39.9 Å². The van der Waals surface area contributed by atoms with E-state index in [4.69, 9.17) is 23.9 Å². The van der Waals surface area contributed by atoms with Gasteiger partial charge in [0.2, 0.25) is 5.75 Å². The first-order chi connectivity index (χ1) is 32.8. The maximum Gasteiger partial charge on any atom is 0.335 e. The summed E-state index contributed by atoms with van der Waals surface area (Å²) in [5.41, 5.74) is 8.85. The molecule has 1 saturated heterocycles. The molecule has 0 radical (unpaired) electrons. The molecule has 1 aromatic heterocycles. The lowest BCUT2D eigenvalue weighted by Gasteiger charge is -2.38. The van der Waals surface area contributed by atoms with E-state index in [0.29, 0.717) is 54.4 Å². The number of methoxy groups -OCH3 is 1. The number of hydrogen-bond donors (Lipinski definition) is 3. The number of nitrogens with zero attached hydrogens (tertiary/aromatic N) is 2. The number of aliphatic hydroxyl groups is 1. The molecule has 0 bridgehead atoms. The predicted octanol–water partition coefficient (Wildman–Crippen LogP) is 9.93. The molecule has 1 saturated carbocycles. The molecule has 0 spiro atoms. The Morgan fingerprint density at radius 3 is 2.30 bits per heavy atom. The lowest BCUT2D eigenvalue weighted by atomic mass is 9.85. The zero-order valence-corrected chi connectivity index (χ0v) is 38.8. The van der Waals surface area contributed by atoms with Crippen LogP contribution in [0.25, 0.3) is 17.2 Å². The fraction of sp³-hybridized carbons (Fsp3) is 0.351. The number of carbonyl (C=O) groups excluding carboxylic acids is 1. The average molecular weight is 902 g/mol. The number of aryl methyl sites for hydroxylation is 1. The van der Waals surface area contributed by atoms with E-state index in [1.165, 1.54) is 24.1 Å². The second kappa shape index (κ2) is 21.0. The molecule has 4 N–H and O–H groups in total. The smallest absolute Gasteiger partial charge is 0.335 e. The molecule has 1 aliphatic carbocycles. The molecule has 67 heavy (non-hydrogen) atoms. The van der Waals surface area contributed by atoms with Crippen LogP contribution >= 0.6 is 0 Å². The highest BCUT2D eigenvalue weighted by molar-refractivity contribution is 6.05. The first-order valence-electron chi connectivity index (χ1n) is 24.0. The largest absolute Gasteiger partial charge is 0.508 e. The Hall–Kier alpha value is -6.49. The molecule has 10 nitrogen and oxygen atoms in total. The minimum atomic E-state index is -0.777. The summed E-state index contributed by atoms with van der Waals surface area (Å²) in [4.78, 5) is 20.0. The monoisotopic (exact) mass is 901 g/mol. The van der Waals surface area contributed by atoms with Crippen molar-refractivity contribution < 1.29 is 34.0 Å². The molecule has 6 aromatic rings. The number of ether oxygens (including phenoxy) is 4. The molecule has 0 amide bonds. The van der Waals surface area contributed by atoms with Crippen molar-refractivity contribution >= 4 is 17.7 Å². The highest BCUT2D eigenvalue weighted by Crippen LogP contribution is 2.53. The van der Waals surface area contributed by atoms with Gasteiger partial charge < -0.3 is 44.4 Å². The number of benzene rings is 5. The van der Waals surface area contributed by atoms with Crippen molar-refractivity contribution in [2.75, 3.05) is 51.4 Å². The Kier molecular flexibility index (Phi) is 14.3. The molecule has 10 heteroatoms. The Balaban J connectivity index is 1.08. The summed E-state index contributed by atoms with van der Waals surface area (Å²) in [7, 11) is 1.59. The number of phenolic OH excluding ortho intramolecular Hbond substituents is 1. The number of rotatable bonds is 18. The highest BCUT2D eigenvalue weighted by Gasteiger charge is 2.41. The number of anilines is 1. The van der Waals surface area contributed by atoms with Gasteiger partial charge in [-0.3, -0.25) is 4.79 Å². The van der Waals surface area contributed by atoms with Crippen LogP contribution in [0.15, 0.2) is 121 Å². The van der Waals surface area contributed by atoms with Crippen LogP contribution < -0.4 is 34.1 Å². The summed E-state index contributed by atoms with van der Waals surface area (Å²) in [6.45, 7) is 6.56. The van der Waals surface area contributed by atoms with Gasteiger partial charge in [0.15, 0.2) is 17.1 Å². The molecule has 348 valence electrons. The highest BCUT2D eigenvalue weighted by atomic mass is 16.5. The summed E-state index contributed by atoms with van der Waals surface area (Å²) in [6.07, 6.45) is 9.35. The van der Waals surface area contributed by atoms with Crippen molar-refractivity contribution in [1.82, 2.24) is 10.3 Å². The Morgan fingerprint density at radius 2 is 1.55 bits per heavy atom. The predicted molar refractivity (Wildman–Crippen MR) is 266 cm³/mol. The van der Waals surface area contributed by atoms with Gasteiger partial charge >= 0.3 is 5.78 Å². The molecule has 2 aliphatic heterocycles. The van der Waals surface area contributed by atoms with Crippen LogP contribution in [0.3, 0.4) is 0 Å². The Bertz CT molecular complexity index is 2630. The zero-order chi connectivity index (χ0) is 46.2. The maximum absolute atomic E-state index is 12.1. The lowest BCUT2D eigenvalue weighted by molar-refractivity contribution is 0.171. The van der Waals surface area contributed by atoms with Crippen molar-refractivity contribution in [2.45, 2.75) is 82.3 Å². The fourth-order valence-corrected chi connectivity index (χ4v) is 9.84. The van der Waals surface area contributed by atoms with Crippen LogP contribution in [-0.2, 0) is 24.7 Å². The van der Waals surface area contributed by atoms with Gasteiger partial charge in [-0.1, -0.05) is 147 Å². The number of aromatic nitrogens is 1. The van der Waals surface area contributed by atoms with Gasteiger partial charge in [-0.05, 0) is 103 Å². The third-order valence-corrected chi connectivity index (χ3v) is 13.7. The van der Waals surface area contributed by atoms with Crippen LogP contribution in [-0.4, -0.2) is 73.4 Å². The quantitative estimate of drug-likeness (QED) is 0.0723. The van der Waals surface area contributed by atoms with Gasteiger partial charge in [0.1, 0.15) is 24.0 Å². The molecule has 2 unspecified atom stereocenters. The van der Waals surface area contributed by atoms with E-state index < -0.39 is 12.2 Å². The Labute approximate surface area is 394 Å². The van der Waals surface area contributed by atoms with Crippen molar-refractivity contribution in [1.29, 1.82) is 0 Å². The van der Waals surface area contributed by atoms with Gasteiger partial charge in [0.25, 0.3) is 0 Å². The number of nitrogens with one attached hydrogen (secondary N) is 1. The number of fused-ring (bicyclic) bond motifs is 1. The lowest BCUT2D eigenvalue weighted by Crippen LogP contribution is -2.44. The van der Waals surface area contributed by atoms with Crippen LogP contribution in [0.2, 0.25) is 0 Å². The van der Waals surface area contributed by atoms with Crippen molar-refractivity contribution in [3.05, 3.63) is 160 Å². The van der Waals surface area contributed by atoms with E-state index in [-0.39, 0.29) is 36.4 Å². The maximum atomic E-state index is 12.1. The van der Waals surface area contributed by atoms with E-state index in [1.54, 1.807) is 25.3 Å². The standard InChI is InChI=1S/C57H62N3O7/c1-57(28-9-10-29-57)50-37-47(56(59-50)60-32-30-58-31-33-60)43-17-11-16-41(36-43)19-25-46-52-51(48(63)38-49(67-52)42-20-23-44(61)24-21-42)54(66-35-27-45(62)22-18-39-12-5-3-6-13-39)55(64-2)53(46)65-34-26-40-14-7-4-8-15-40/h3-8,11-18,20-24,36-37,45,49,58,61-62H,9-10,19,25-35,38H2,1-2H3/q-1/p+1. The summed E-state index contributed by atoms with van der Waals surface area (Å²) in [6, 6.07) is 38.1. The first-order valence-corrected chi connectivity index (χ1v) is 24.0. The van der Waals surface area contributed by atoms with Gasteiger partial charge in [-0.2, -0.15) is 0 Å². The van der Waals surface area contributed by atoms with E-state index in [9.17, 15) is 15.0 Å². The summed E-state index contributed by atoms with van der Waals surface area (Å²) in [5.74, 6) is 2.92. The van der Waals surface area contributed by atoms with Crippen LogP contribution in [0.5, 0.6) is 28.7 Å². The van der Waals surface area contributed by atoms with E-state index in [2.05, 4.69) is 59.6 Å². The van der Waals surface area contributed by atoms with Crippen molar-refractivity contribution in [3.63, 3.8) is 0 Å². The number of hydrogen-bond acceptors (Lipinski definition) is 8.